The quantitative estimate of drug-likeness (QED) is 0.836. The van der Waals surface area contributed by atoms with Crippen molar-refractivity contribution in [3.05, 3.63) is 23.8 Å². The van der Waals surface area contributed by atoms with Crippen LogP contribution in [0.3, 0.4) is 0 Å². The van der Waals surface area contributed by atoms with Crippen molar-refractivity contribution in [3.63, 3.8) is 0 Å². The molecule has 0 aromatic heterocycles. The number of nitrogens with zero attached hydrogens (tertiary/aromatic N) is 1. The van der Waals surface area contributed by atoms with Crippen molar-refractivity contribution < 1.29 is 14.6 Å². The van der Waals surface area contributed by atoms with E-state index in [1.165, 1.54) is 0 Å². The van der Waals surface area contributed by atoms with Crippen molar-refractivity contribution >= 4 is 11.6 Å². The van der Waals surface area contributed by atoms with Gasteiger partial charge < -0.3 is 15.2 Å². The fourth-order valence-corrected chi connectivity index (χ4v) is 2.25. The summed E-state index contributed by atoms with van der Waals surface area (Å²) < 4.78 is 5.26. The number of hydrogen-bond acceptors (Lipinski definition) is 4. The average molecular weight is 292 g/mol. The predicted octanol–water partition coefficient (Wildman–Crippen LogP) is 1.96. The van der Waals surface area contributed by atoms with Gasteiger partial charge in [-0.05, 0) is 23.1 Å². The van der Waals surface area contributed by atoms with Gasteiger partial charge in [0.05, 0.1) is 25.4 Å². The van der Waals surface area contributed by atoms with Gasteiger partial charge in [0.1, 0.15) is 5.75 Å². The predicted molar refractivity (Wildman–Crippen MR) is 82.7 cm³/mol. The molecule has 0 bridgehead atoms. The molecule has 5 heteroatoms. The molecular weight excluding hydrogens is 268 g/mol. The van der Waals surface area contributed by atoms with Crippen molar-refractivity contribution in [2.24, 2.45) is 0 Å². The van der Waals surface area contributed by atoms with E-state index in [1.807, 2.05) is 17.0 Å². The number of carbonyl (C=O) groups excluding carboxylic acids is 1. The number of nitrogens with one attached hydrogen (secondary N) is 1. The van der Waals surface area contributed by atoms with Crippen LogP contribution in [0, 0.1) is 0 Å². The van der Waals surface area contributed by atoms with Gasteiger partial charge in [-0.25, -0.2) is 0 Å². The SMILES string of the molecule is CC(C)(C)c1ccc(O)c(NC(=O)CN2CCOCC2)c1. The van der Waals surface area contributed by atoms with Crippen LogP contribution in [0.5, 0.6) is 5.75 Å². The Bertz CT molecular complexity index is 503. The standard InChI is InChI=1S/C16H24N2O3/c1-16(2,3)12-4-5-14(19)13(10-12)17-15(20)11-18-6-8-21-9-7-18/h4-5,10,19H,6-9,11H2,1-3H3,(H,17,20). The fraction of sp³-hybridized carbons (Fsp3) is 0.562. The summed E-state index contributed by atoms with van der Waals surface area (Å²) in [6.45, 7) is 9.47. The van der Waals surface area contributed by atoms with E-state index in [0.29, 0.717) is 25.4 Å². The van der Waals surface area contributed by atoms with Crippen molar-refractivity contribution in [2.45, 2.75) is 26.2 Å². The first-order chi connectivity index (χ1) is 9.86. The van der Waals surface area contributed by atoms with Gasteiger partial charge in [-0.15, -0.1) is 0 Å². The van der Waals surface area contributed by atoms with Crippen LogP contribution in [0.4, 0.5) is 5.69 Å². The second-order valence-electron chi connectivity index (χ2n) is 6.42. The Kier molecular flexibility index (Phi) is 4.85. The number of hydrogen-bond donors (Lipinski definition) is 2. The lowest BCUT2D eigenvalue weighted by molar-refractivity contribution is -0.118. The van der Waals surface area contributed by atoms with Crippen LogP contribution >= 0.6 is 0 Å². The maximum atomic E-state index is 12.1. The summed E-state index contributed by atoms with van der Waals surface area (Å²) in [7, 11) is 0. The summed E-state index contributed by atoms with van der Waals surface area (Å²) in [5.41, 5.74) is 1.51. The molecule has 0 aliphatic carbocycles. The number of phenolic OH excluding ortho intramolecular Hbond substituents is 1. The molecule has 116 valence electrons. The van der Waals surface area contributed by atoms with Gasteiger partial charge in [-0.2, -0.15) is 0 Å². The van der Waals surface area contributed by atoms with Gasteiger partial charge in [0.25, 0.3) is 0 Å². The van der Waals surface area contributed by atoms with Crippen molar-refractivity contribution in [2.75, 3.05) is 38.2 Å². The Labute approximate surface area is 125 Å². The van der Waals surface area contributed by atoms with Crippen LogP contribution in [-0.2, 0) is 14.9 Å². The normalized spacial score (nSPS) is 16.7. The summed E-state index contributed by atoms with van der Waals surface area (Å²) in [6, 6.07) is 5.35. The van der Waals surface area contributed by atoms with Crippen LogP contribution < -0.4 is 5.32 Å². The Morgan fingerprint density at radius 3 is 2.62 bits per heavy atom. The fourth-order valence-electron chi connectivity index (χ4n) is 2.25. The molecule has 1 heterocycles. The summed E-state index contributed by atoms with van der Waals surface area (Å²) in [4.78, 5) is 14.1. The molecular formula is C16H24N2O3. The molecule has 1 aromatic rings. The lowest BCUT2D eigenvalue weighted by Gasteiger charge is -2.26. The number of carbonyl (C=O) groups is 1. The Balaban J connectivity index is 2.02. The molecule has 2 N–H and O–H groups in total. The number of amides is 1. The lowest BCUT2D eigenvalue weighted by atomic mass is 9.87. The summed E-state index contributed by atoms with van der Waals surface area (Å²) in [6.07, 6.45) is 0. The zero-order valence-electron chi connectivity index (χ0n) is 13.0. The van der Waals surface area contributed by atoms with E-state index in [0.717, 1.165) is 18.7 Å². The number of ether oxygens (including phenoxy) is 1. The van der Waals surface area contributed by atoms with Crippen LogP contribution in [0.15, 0.2) is 18.2 Å². The highest BCUT2D eigenvalue weighted by Crippen LogP contribution is 2.30. The highest BCUT2D eigenvalue weighted by atomic mass is 16.5. The van der Waals surface area contributed by atoms with E-state index in [-0.39, 0.29) is 17.1 Å². The topological polar surface area (TPSA) is 61.8 Å². The molecule has 0 spiro atoms. The summed E-state index contributed by atoms with van der Waals surface area (Å²) in [5, 5.41) is 12.7. The molecule has 21 heavy (non-hydrogen) atoms. The molecule has 1 saturated heterocycles. The third-order valence-corrected chi connectivity index (χ3v) is 3.61. The highest BCUT2D eigenvalue weighted by Gasteiger charge is 2.18. The first-order valence-corrected chi connectivity index (χ1v) is 7.30. The maximum absolute atomic E-state index is 12.1. The molecule has 1 fully saturated rings. The molecule has 0 unspecified atom stereocenters. The third kappa shape index (κ3) is 4.44. The minimum atomic E-state index is -0.113. The molecule has 0 atom stereocenters. The molecule has 1 aromatic carbocycles. The van der Waals surface area contributed by atoms with E-state index in [4.69, 9.17) is 4.74 Å². The third-order valence-electron chi connectivity index (χ3n) is 3.61. The van der Waals surface area contributed by atoms with E-state index >= 15 is 0 Å². The smallest absolute Gasteiger partial charge is 0.238 e. The number of aromatic hydroxyl groups is 1. The van der Waals surface area contributed by atoms with Crippen LogP contribution in [-0.4, -0.2) is 48.8 Å². The Hall–Kier alpha value is -1.59. The van der Waals surface area contributed by atoms with E-state index in [1.54, 1.807) is 6.07 Å². The first kappa shape index (κ1) is 15.8. The van der Waals surface area contributed by atoms with Crippen molar-refractivity contribution in [1.82, 2.24) is 4.90 Å². The van der Waals surface area contributed by atoms with Gasteiger partial charge in [0.2, 0.25) is 5.91 Å². The molecule has 1 aliphatic rings. The molecule has 0 saturated carbocycles. The highest BCUT2D eigenvalue weighted by molar-refractivity contribution is 5.93. The van der Waals surface area contributed by atoms with Gasteiger partial charge in [-0.3, -0.25) is 9.69 Å². The number of benzene rings is 1. The van der Waals surface area contributed by atoms with Crippen molar-refractivity contribution in [3.8, 4) is 5.75 Å². The number of rotatable bonds is 3. The molecule has 5 nitrogen and oxygen atoms in total. The summed E-state index contributed by atoms with van der Waals surface area (Å²) >= 11 is 0. The van der Waals surface area contributed by atoms with E-state index in [9.17, 15) is 9.90 Å². The number of phenols is 1. The van der Waals surface area contributed by atoms with Crippen LogP contribution in [0.2, 0.25) is 0 Å². The Morgan fingerprint density at radius 2 is 2.00 bits per heavy atom. The second kappa shape index (κ2) is 6.45. The zero-order valence-corrected chi connectivity index (χ0v) is 13.0. The minimum absolute atomic E-state index is 0.0304. The van der Waals surface area contributed by atoms with Gasteiger partial charge >= 0.3 is 0 Å². The molecule has 0 radical (unpaired) electrons. The first-order valence-electron chi connectivity index (χ1n) is 7.30. The minimum Gasteiger partial charge on any atom is -0.506 e. The number of anilines is 1. The molecule has 1 aliphatic heterocycles. The van der Waals surface area contributed by atoms with E-state index in [2.05, 4.69) is 26.1 Å². The zero-order chi connectivity index (χ0) is 15.5. The molecule has 1 amide bonds. The summed E-state index contributed by atoms with van der Waals surface area (Å²) in [5.74, 6) is -0.0170. The largest absolute Gasteiger partial charge is 0.506 e. The van der Waals surface area contributed by atoms with Crippen LogP contribution in [0.25, 0.3) is 0 Å². The average Bonchev–Trinajstić information content (AvgIpc) is 2.41. The number of morpholine rings is 1. The maximum Gasteiger partial charge on any atom is 0.238 e. The second-order valence-corrected chi connectivity index (χ2v) is 6.42. The lowest BCUT2D eigenvalue weighted by Crippen LogP contribution is -2.41. The van der Waals surface area contributed by atoms with Gasteiger partial charge in [0.15, 0.2) is 0 Å². The monoisotopic (exact) mass is 292 g/mol. The van der Waals surface area contributed by atoms with Crippen molar-refractivity contribution in [1.29, 1.82) is 0 Å². The van der Waals surface area contributed by atoms with E-state index < -0.39 is 0 Å². The molecule has 2 rings (SSSR count). The van der Waals surface area contributed by atoms with Gasteiger partial charge in [0, 0.05) is 13.1 Å². The Morgan fingerprint density at radius 1 is 1.33 bits per heavy atom. The van der Waals surface area contributed by atoms with Gasteiger partial charge in [-0.1, -0.05) is 26.8 Å². The van der Waals surface area contributed by atoms with Crippen LogP contribution in [0.1, 0.15) is 26.3 Å².